The summed E-state index contributed by atoms with van der Waals surface area (Å²) >= 11 is 0. The number of anilines is 2. The number of amides is 3. The summed E-state index contributed by atoms with van der Waals surface area (Å²) in [6, 6.07) is 7.53. The van der Waals surface area contributed by atoms with E-state index in [9.17, 15) is 9.59 Å². The molecule has 2 rings (SSSR count). The summed E-state index contributed by atoms with van der Waals surface area (Å²) in [6.45, 7) is 20.8. The first-order valence-corrected chi connectivity index (χ1v) is 11.6. The first kappa shape index (κ1) is 26.4. The van der Waals surface area contributed by atoms with Gasteiger partial charge in [0.05, 0.1) is 11.2 Å². The molecule has 2 aromatic rings. The van der Waals surface area contributed by atoms with E-state index in [0.29, 0.717) is 12.4 Å². The van der Waals surface area contributed by atoms with E-state index in [1.54, 1.807) is 4.90 Å². The molecule has 0 fully saturated rings. The second-order valence-electron chi connectivity index (χ2n) is 11.3. The molecule has 0 unspecified atom stereocenters. The van der Waals surface area contributed by atoms with E-state index in [1.165, 1.54) is 0 Å². The summed E-state index contributed by atoms with van der Waals surface area (Å²) in [6.07, 6.45) is 0. The lowest BCUT2D eigenvalue weighted by Crippen LogP contribution is -2.43. The predicted molar refractivity (Wildman–Crippen MR) is 136 cm³/mol. The van der Waals surface area contributed by atoms with Crippen molar-refractivity contribution < 1.29 is 9.59 Å². The molecule has 0 bridgehead atoms. The van der Waals surface area contributed by atoms with Crippen molar-refractivity contribution in [1.29, 1.82) is 0 Å². The van der Waals surface area contributed by atoms with Gasteiger partial charge in [-0.05, 0) is 51.7 Å². The van der Waals surface area contributed by atoms with E-state index in [4.69, 9.17) is 5.10 Å². The number of carbonyl (C=O) groups is 2. The van der Waals surface area contributed by atoms with Crippen LogP contribution in [-0.4, -0.2) is 39.7 Å². The Morgan fingerprint density at radius 3 is 2.09 bits per heavy atom. The number of nitrogens with one attached hydrogen (secondary N) is 2. The third-order valence-corrected chi connectivity index (χ3v) is 5.30. The highest BCUT2D eigenvalue weighted by Gasteiger charge is 2.27. The molecule has 0 aliphatic heterocycles. The molecule has 33 heavy (non-hydrogen) atoms. The SMILES string of the molecule is Cc1cccc(C)c1NC(=O)N(CC(=O)Nc1cc(C(C)(C)C)nn1C(C)(C)C)CC(C)C. The number of aromatic nitrogens is 2. The smallest absolute Gasteiger partial charge is 0.315 e. The van der Waals surface area contributed by atoms with Gasteiger partial charge in [-0.2, -0.15) is 5.10 Å². The van der Waals surface area contributed by atoms with Crippen LogP contribution in [-0.2, 0) is 15.7 Å². The average molecular weight is 456 g/mol. The maximum atomic E-state index is 13.1. The Morgan fingerprint density at radius 2 is 1.61 bits per heavy atom. The summed E-state index contributed by atoms with van der Waals surface area (Å²) in [5.41, 5.74) is 3.22. The van der Waals surface area contributed by atoms with Gasteiger partial charge < -0.3 is 15.5 Å². The Hall–Kier alpha value is -2.83. The van der Waals surface area contributed by atoms with Gasteiger partial charge in [0.25, 0.3) is 0 Å². The van der Waals surface area contributed by atoms with Crippen LogP contribution in [0.3, 0.4) is 0 Å². The van der Waals surface area contributed by atoms with Gasteiger partial charge in [-0.25, -0.2) is 9.48 Å². The Bertz CT molecular complexity index is 973. The number of aryl methyl sites for hydroxylation is 2. The molecule has 0 saturated carbocycles. The van der Waals surface area contributed by atoms with Crippen LogP contribution in [0.15, 0.2) is 24.3 Å². The summed E-state index contributed by atoms with van der Waals surface area (Å²) in [7, 11) is 0. The largest absolute Gasteiger partial charge is 0.322 e. The van der Waals surface area contributed by atoms with Crippen molar-refractivity contribution in [3.8, 4) is 0 Å². The zero-order valence-corrected chi connectivity index (χ0v) is 22.0. The van der Waals surface area contributed by atoms with Crippen LogP contribution >= 0.6 is 0 Å². The second-order valence-corrected chi connectivity index (χ2v) is 11.3. The minimum absolute atomic E-state index is 0.0465. The van der Waals surface area contributed by atoms with Crippen LogP contribution in [0.2, 0.25) is 0 Å². The monoisotopic (exact) mass is 455 g/mol. The van der Waals surface area contributed by atoms with Crippen LogP contribution in [0.4, 0.5) is 16.3 Å². The van der Waals surface area contributed by atoms with Crippen LogP contribution in [0.1, 0.15) is 72.2 Å². The van der Waals surface area contributed by atoms with Gasteiger partial charge in [-0.1, -0.05) is 52.8 Å². The molecule has 1 aromatic carbocycles. The zero-order chi connectivity index (χ0) is 25.1. The van der Waals surface area contributed by atoms with Crippen molar-refractivity contribution in [2.75, 3.05) is 23.7 Å². The van der Waals surface area contributed by atoms with Crippen LogP contribution in [0.25, 0.3) is 0 Å². The van der Waals surface area contributed by atoms with E-state index in [2.05, 4.69) is 31.4 Å². The number of hydrogen-bond acceptors (Lipinski definition) is 3. The van der Waals surface area contributed by atoms with Crippen LogP contribution < -0.4 is 10.6 Å². The maximum absolute atomic E-state index is 13.1. The molecule has 1 aromatic heterocycles. The van der Waals surface area contributed by atoms with E-state index in [-0.39, 0.29) is 35.4 Å². The van der Waals surface area contributed by atoms with E-state index < -0.39 is 0 Å². The molecule has 0 atom stereocenters. The maximum Gasteiger partial charge on any atom is 0.322 e. The molecule has 0 aliphatic rings. The van der Waals surface area contributed by atoms with Crippen LogP contribution in [0, 0.1) is 19.8 Å². The topological polar surface area (TPSA) is 79.3 Å². The molecular weight excluding hydrogens is 414 g/mol. The zero-order valence-electron chi connectivity index (χ0n) is 22.0. The Balaban J connectivity index is 2.24. The van der Waals surface area contributed by atoms with Crippen molar-refractivity contribution in [1.82, 2.24) is 14.7 Å². The molecule has 3 amide bonds. The minimum Gasteiger partial charge on any atom is -0.315 e. The molecule has 2 N–H and O–H groups in total. The van der Waals surface area contributed by atoms with Gasteiger partial charge in [-0.3, -0.25) is 4.79 Å². The predicted octanol–water partition coefficient (Wildman–Crippen LogP) is 5.68. The molecule has 0 radical (unpaired) electrons. The Kier molecular flexibility index (Phi) is 7.99. The van der Waals surface area contributed by atoms with Crippen molar-refractivity contribution in [3.63, 3.8) is 0 Å². The number of hydrogen-bond donors (Lipinski definition) is 2. The van der Waals surface area contributed by atoms with E-state index in [0.717, 1.165) is 22.5 Å². The van der Waals surface area contributed by atoms with Crippen molar-refractivity contribution in [2.45, 2.75) is 80.2 Å². The second kappa shape index (κ2) is 9.98. The third-order valence-electron chi connectivity index (χ3n) is 5.30. The minimum atomic E-state index is -0.302. The van der Waals surface area contributed by atoms with Crippen LogP contribution in [0.5, 0.6) is 0 Å². The Labute approximate surface area is 198 Å². The lowest BCUT2D eigenvalue weighted by Gasteiger charge is -2.26. The van der Waals surface area contributed by atoms with Gasteiger partial charge in [-0.15, -0.1) is 0 Å². The highest BCUT2D eigenvalue weighted by molar-refractivity contribution is 5.97. The number of benzene rings is 1. The third kappa shape index (κ3) is 7.07. The molecular formula is C26H41N5O2. The number of carbonyl (C=O) groups excluding carboxylic acids is 2. The highest BCUT2D eigenvalue weighted by Crippen LogP contribution is 2.28. The first-order valence-electron chi connectivity index (χ1n) is 11.6. The van der Waals surface area contributed by atoms with E-state index in [1.807, 2.05) is 77.4 Å². The lowest BCUT2D eigenvalue weighted by atomic mass is 9.92. The number of rotatable bonds is 6. The van der Waals surface area contributed by atoms with Gasteiger partial charge in [0.1, 0.15) is 12.4 Å². The molecule has 0 saturated heterocycles. The fourth-order valence-electron chi connectivity index (χ4n) is 3.56. The summed E-state index contributed by atoms with van der Waals surface area (Å²) in [5.74, 6) is 0.601. The summed E-state index contributed by atoms with van der Waals surface area (Å²) in [4.78, 5) is 27.7. The quantitative estimate of drug-likeness (QED) is 0.588. The summed E-state index contributed by atoms with van der Waals surface area (Å²) < 4.78 is 1.84. The van der Waals surface area contributed by atoms with Crippen molar-refractivity contribution >= 4 is 23.4 Å². The molecule has 7 nitrogen and oxygen atoms in total. The molecule has 1 heterocycles. The standard InChI is InChI=1S/C26H41N5O2/c1-17(2)15-30(24(33)28-23-18(3)12-11-13-19(23)4)16-22(32)27-21-14-20(25(5,6)7)29-31(21)26(8,9)10/h11-14,17H,15-16H2,1-10H3,(H,27,32)(H,28,33). The number of urea groups is 1. The van der Waals surface area contributed by atoms with Gasteiger partial charge >= 0.3 is 6.03 Å². The number of para-hydroxylation sites is 1. The highest BCUT2D eigenvalue weighted by atomic mass is 16.2. The fraction of sp³-hybridized carbons (Fsp3) is 0.577. The van der Waals surface area contributed by atoms with Gasteiger partial charge in [0.15, 0.2) is 0 Å². The molecule has 182 valence electrons. The van der Waals surface area contributed by atoms with Crippen molar-refractivity contribution in [3.05, 3.63) is 41.1 Å². The first-order chi connectivity index (χ1) is 15.1. The Morgan fingerprint density at radius 1 is 1.03 bits per heavy atom. The molecule has 7 heteroatoms. The van der Waals surface area contributed by atoms with Crippen molar-refractivity contribution in [2.24, 2.45) is 5.92 Å². The molecule has 0 aliphatic carbocycles. The number of nitrogens with zero attached hydrogens (tertiary/aromatic N) is 3. The fourth-order valence-corrected chi connectivity index (χ4v) is 3.56. The van der Waals surface area contributed by atoms with E-state index >= 15 is 0 Å². The normalized spacial score (nSPS) is 12.1. The summed E-state index contributed by atoms with van der Waals surface area (Å²) in [5, 5.41) is 10.7. The lowest BCUT2D eigenvalue weighted by molar-refractivity contribution is -0.116. The average Bonchev–Trinajstić information content (AvgIpc) is 3.08. The molecule has 0 spiro atoms. The van der Waals surface area contributed by atoms with Gasteiger partial charge in [0.2, 0.25) is 5.91 Å². The van der Waals surface area contributed by atoms with Gasteiger partial charge in [0, 0.05) is 23.7 Å².